The lowest BCUT2D eigenvalue weighted by molar-refractivity contribution is 0.0989. The van der Waals surface area contributed by atoms with Crippen LogP contribution in [0.25, 0.3) is 0 Å². The Morgan fingerprint density at radius 2 is 1.84 bits per heavy atom. The third-order valence-electron chi connectivity index (χ3n) is 3.35. The van der Waals surface area contributed by atoms with Crippen LogP contribution < -0.4 is 4.90 Å². The fourth-order valence-corrected chi connectivity index (χ4v) is 2.36. The Bertz CT molecular complexity index is 652. The van der Waals surface area contributed by atoms with Crippen molar-refractivity contribution in [3.8, 4) is 11.5 Å². The number of aromatic hydroxyl groups is 2. The first-order chi connectivity index (χ1) is 9.16. The van der Waals surface area contributed by atoms with Crippen LogP contribution in [-0.2, 0) is 6.42 Å². The maximum absolute atomic E-state index is 12.4. The van der Waals surface area contributed by atoms with Crippen molar-refractivity contribution in [3.05, 3.63) is 53.6 Å². The minimum atomic E-state index is -0.279. The Morgan fingerprint density at radius 3 is 2.63 bits per heavy atom. The fraction of sp³-hybridized carbons (Fsp3) is 0.133. The highest BCUT2D eigenvalue weighted by Crippen LogP contribution is 2.31. The maximum Gasteiger partial charge on any atom is 0.258 e. The van der Waals surface area contributed by atoms with Crippen molar-refractivity contribution in [1.82, 2.24) is 0 Å². The predicted octanol–water partition coefficient (Wildman–Crippen LogP) is 2.30. The number of fused-ring (bicyclic) bond motifs is 1. The van der Waals surface area contributed by atoms with Gasteiger partial charge >= 0.3 is 0 Å². The molecular weight excluding hydrogens is 242 g/mol. The molecule has 1 amide bonds. The molecule has 0 saturated heterocycles. The van der Waals surface area contributed by atoms with Crippen LogP contribution in [0.1, 0.15) is 15.9 Å². The number of nitrogens with zero attached hydrogens (tertiary/aromatic N) is 1. The first-order valence-corrected chi connectivity index (χ1v) is 6.08. The van der Waals surface area contributed by atoms with Gasteiger partial charge in [-0.15, -0.1) is 0 Å². The van der Waals surface area contributed by atoms with Gasteiger partial charge in [0.15, 0.2) is 11.5 Å². The van der Waals surface area contributed by atoms with Crippen LogP contribution in [0, 0.1) is 0 Å². The number of amides is 1. The van der Waals surface area contributed by atoms with Gasteiger partial charge in [-0.1, -0.05) is 18.2 Å². The van der Waals surface area contributed by atoms with E-state index in [0.29, 0.717) is 12.1 Å². The van der Waals surface area contributed by atoms with Gasteiger partial charge in [0.1, 0.15) is 0 Å². The van der Waals surface area contributed by atoms with E-state index in [-0.39, 0.29) is 17.4 Å². The average Bonchev–Trinajstić information content (AvgIpc) is 2.85. The molecule has 0 radical (unpaired) electrons. The number of anilines is 1. The van der Waals surface area contributed by atoms with Crippen LogP contribution in [0.5, 0.6) is 11.5 Å². The molecule has 1 heterocycles. The number of phenols is 2. The van der Waals surface area contributed by atoms with Gasteiger partial charge < -0.3 is 15.1 Å². The van der Waals surface area contributed by atoms with Gasteiger partial charge in [-0.25, -0.2) is 0 Å². The van der Waals surface area contributed by atoms with E-state index in [2.05, 4.69) is 0 Å². The van der Waals surface area contributed by atoms with Crippen molar-refractivity contribution >= 4 is 11.6 Å². The Hall–Kier alpha value is -2.49. The molecule has 2 aromatic rings. The molecule has 0 spiro atoms. The minimum Gasteiger partial charge on any atom is -0.504 e. The monoisotopic (exact) mass is 255 g/mol. The summed E-state index contributed by atoms with van der Waals surface area (Å²) in [7, 11) is 0. The van der Waals surface area contributed by atoms with Gasteiger partial charge in [-0.3, -0.25) is 4.79 Å². The Kier molecular flexibility index (Phi) is 2.63. The van der Waals surface area contributed by atoms with Crippen LogP contribution >= 0.6 is 0 Å². The summed E-state index contributed by atoms with van der Waals surface area (Å²) in [6, 6.07) is 11.9. The summed E-state index contributed by atoms with van der Waals surface area (Å²) < 4.78 is 0. The molecule has 0 aromatic heterocycles. The maximum atomic E-state index is 12.4. The van der Waals surface area contributed by atoms with Crippen molar-refractivity contribution in [2.75, 3.05) is 11.4 Å². The van der Waals surface area contributed by atoms with E-state index in [1.165, 1.54) is 18.2 Å². The summed E-state index contributed by atoms with van der Waals surface area (Å²) in [6.45, 7) is 0.639. The van der Waals surface area contributed by atoms with Crippen molar-refractivity contribution in [2.24, 2.45) is 0 Å². The normalized spacial score (nSPS) is 13.4. The first kappa shape index (κ1) is 11.6. The average molecular weight is 255 g/mol. The fourth-order valence-electron chi connectivity index (χ4n) is 2.36. The quantitative estimate of drug-likeness (QED) is 0.769. The lowest BCUT2D eigenvalue weighted by atomic mass is 10.1. The molecule has 2 aromatic carbocycles. The van der Waals surface area contributed by atoms with Crippen molar-refractivity contribution < 1.29 is 15.0 Å². The number of phenolic OH excluding ortho intramolecular Hbond substituents is 2. The zero-order valence-electron chi connectivity index (χ0n) is 10.2. The Balaban J connectivity index is 1.95. The van der Waals surface area contributed by atoms with Crippen LogP contribution in [0.15, 0.2) is 42.5 Å². The largest absolute Gasteiger partial charge is 0.504 e. The predicted molar refractivity (Wildman–Crippen MR) is 71.6 cm³/mol. The molecule has 0 aliphatic carbocycles. The van der Waals surface area contributed by atoms with Crippen LogP contribution in [0.3, 0.4) is 0 Å². The molecule has 1 aliphatic heterocycles. The van der Waals surface area contributed by atoms with Crippen molar-refractivity contribution in [3.63, 3.8) is 0 Å². The summed E-state index contributed by atoms with van der Waals surface area (Å²) in [5.41, 5.74) is 2.44. The highest BCUT2D eigenvalue weighted by molar-refractivity contribution is 6.07. The van der Waals surface area contributed by atoms with Gasteiger partial charge in [-0.05, 0) is 36.2 Å². The molecule has 0 saturated carbocycles. The summed E-state index contributed by atoms with van der Waals surface area (Å²) in [6.07, 6.45) is 0.839. The zero-order chi connectivity index (χ0) is 13.4. The van der Waals surface area contributed by atoms with Gasteiger partial charge in [0.25, 0.3) is 5.91 Å². The molecule has 2 N–H and O–H groups in total. The standard InChI is InChI=1S/C15H13NO3/c17-13-6-5-11(9-14(13)18)15(19)16-8-7-10-3-1-2-4-12(10)16/h1-6,9,17-18H,7-8H2. The number of carbonyl (C=O) groups is 1. The van der Waals surface area contributed by atoms with Crippen molar-refractivity contribution in [2.45, 2.75) is 6.42 Å². The number of hydrogen-bond acceptors (Lipinski definition) is 3. The molecule has 0 fully saturated rings. The molecule has 1 aliphatic rings. The molecular formula is C15H13NO3. The van der Waals surface area contributed by atoms with E-state index in [1.807, 2.05) is 24.3 Å². The molecule has 0 bridgehead atoms. The lowest BCUT2D eigenvalue weighted by Gasteiger charge is -2.17. The second-order valence-electron chi connectivity index (χ2n) is 4.54. The minimum absolute atomic E-state index is 0.166. The smallest absolute Gasteiger partial charge is 0.258 e. The van der Waals surface area contributed by atoms with E-state index in [0.717, 1.165) is 17.7 Å². The summed E-state index contributed by atoms with van der Waals surface area (Å²) >= 11 is 0. The van der Waals surface area contributed by atoms with E-state index >= 15 is 0 Å². The second kappa shape index (κ2) is 4.31. The van der Waals surface area contributed by atoms with E-state index in [4.69, 9.17) is 0 Å². The molecule has 19 heavy (non-hydrogen) atoms. The lowest BCUT2D eigenvalue weighted by Crippen LogP contribution is -2.28. The number of para-hydroxylation sites is 1. The first-order valence-electron chi connectivity index (χ1n) is 6.08. The van der Waals surface area contributed by atoms with Crippen molar-refractivity contribution in [1.29, 1.82) is 0 Å². The molecule has 0 atom stereocenters. The number of benzene rings is 2. The van der Waals surface area contributed by atoms with Gasteiger partial charge in [0.2, 0.25) is 0 Å². The summed E-state index contributed by atoms with van der Waals surface area (Å²) in [5.74, 6) is -0.669. The molecule has 3 rings (SSSR count). The Labute approximate surface area is 110 Å². The van der Waals surface area contributed by atoms with E-state index in [9.17, 15) is 15.0 Å². The topological polar surface area (TPSA) is 60.8 Å². The number of hydrogen-bond donors (Lipinski definition) is 2. The van der Waals surface area contributed by atoms with Crippen LogP contribution in [0.2, 0.25) is 0 Å². The van der Waals surface area contributed by atoms with E-state index < -0.39 is 0 Å². The second-order valence-corrected chi connectivity index (χ2v) is 4.54. The van der Waals surface area contributed by atoms with Crippen LogP contribution in [-0.4, -0.2) is 22.7 Å². The van der Waals surface area contributed by atoms with E-state index in [1.54, 1.807) is 4.90 Å². The summed E-state index contributed by atoms with van der Waals surface area (Å²) in [4.78, 5) is 14.1. The van der Waals surface area contributed by atoms with Gasteiger partial charge in [0, 0.05) is 17.8 Å². The highest BCUT2D eigenvalue weighted by atomic mass is 16.3. The molecule has 4 heteroatoms. The SMILES string of the molecule is O=C(c1ccc(O)c(O)c1)N1CCc2ccccc21. The Morgan fingerprint density at radius 1 is 1.05 bits per heavy atom. The number of rotatable bonds is 1. The highest BCUT2D eigenvalue weighted by Gasteiger charge is 2.25. The molecule has 0 unspecified atom stereocenters. The zero-order valence-corrected chi connectivity index (χ0v) is 10.2. The molecule has 4 nitrogen and oxygen atoms in total. The summed E-state index contributed by atoms with van der Waals surface area (Å²) in [5, 5.41) is 18.7. The van der Waals surface area contributed by atoms with Crippen LogP contribution in [0.4, 0.5) is 5.69 Å². The third kappa shape index (κ3) is 1.91. The molecule has 96 valence electrons. The van der Waals surface area contributed by atoms with Gasteiger partial charge in [0.05, 0.1) is 0 Å². The third-order valence-corrected chi connectivity index (χ3v) is 3.35. The number of carbonyl (C=O) groups excluding carboxylic acids is 1. The van der Waals surface area contributed by atoms with Gasteiger partial charge in [-0.2, -0.15) is 0 Å².